The molecule has 0 aliphatic carbocycles. The first-order valence-electron chi connectivity index (χ1n) is 6.03. The molecule has 1 saturated heterocycles. The summed E-state index contributed by atoms with van der Waals surface area (Å²) in [7, 11) is 1.57. The predicted octanol–water partition coefficient (Wildman–Crippen LogP) is 1.32. The van der Waals surface area contributed by atoms with Crippen molar-refractivity contribution in [2.75, 3.05) is 20.2 Å². The minimum atomic E-state index is 0.192. The molecule has 1 aliphatic rings. The lowest BCUT2D eigenvalue weighted by molar-refractivity contribution is 0.205. The Morgan fingerprint density at radius 2 is 2.12 bits per heavy atom. The van der Waals surface area contributed by atoms with Gasteiger partial charge in [-0.2, -0.15) is 0 Å². The number of methoxy groups -OCH3 is 1. The lowest BCUT2D eigenvalue weighted by atomic mass is 10.1. The summed E-state index contributed by atoms with van der Waals surface area (Å²) in [5, 5.41) is 9.52. The van der Waals surface area contributed by atoms with E-state index in [-0.39, 0.29) is 5.75 Å². The van der Waals surface area contributed by atoms with Crippen molar-refractivity contribution in [1.29, 1.82) is 0 Å². The molecule has 94 valence electrons. The lowest BCUT2D eigenvalue weighted by Crippen LogP contribution is -2.39. The molecular formula is C13H20N2O2. The van der Waals surface area contributed by atoms with Gasteiger partial charge in [-0.3, -0.25) is 4.90 Å². The number of hydrogen-bond donors (Lipinski definition) is 2. The van der Waals surface area contributed by atoms with E-state index in [1.54, 1.807) is 13.2 Å². The zero-order valence-electron chi connectivity index (χ0n) is 10.2. The van der Waals surface area contributed by atoms with Gasteiger partial charge in [-0.1, -0.05) is 6.07 Å². The number of phenols is 1. The average Bonchev–Trinajstić information content (AvgIpc) is 2.34. The van der Waals surface area contributed by atoms with Crippen LogP contribution in [0, 0.1) is 0 Å². The van der Waals surface area contributed by atoms with E-state index < -0.39 is 0 Å². The third-order valence-corrected chi connectivity index (χ3v) is 3.28. The number of nitrogens with two attached hydrogens (primary N) is 1. The van der Waals surface area contributed by atoms with Crippen LogP contribution in [-0.2, 0) is 6.54 Å². The van der Waals surface area contributed by atoms with Crippen LogP contribution in [0.3, 0.4) is 0 Å². The fourth-order valence-electron chi connectivity index (χ4n) is 2.19. The highest BCUT2D eigenvalue weighted by atomic mass is 16.5. The third-order valence-electron chi connectivity index (χ3n) is 3.28. The van der Waals surface area contributed by atoms with Crippen LogP contribution in [0.2, 0.25) is 0 Å². The summed E-state index contributed by atoms with van der Waals surface area (Å²) in [4.78, 5) is 2.38. The summed E-state index contributed by atoms with van der Waals surface area (Å²) in [5.74, 6) is 0.730. The zero-order chi connectivity index (χ0) is 12.3. The average molecular weight is 236 g/mol. The number of benzene rings is 1. The Labute approximate surface area is 102 Å². The number of likely N-dealkylation sites (tertiary alicyclic amines) is 1. The zero-order valence-corrected chi connectivity index (χ0v) is 10.2. The number of rotatable bonds is 3. The van der Waals surface area contributed by atoms with E-state index in [2.05, 4.69) is 4.90 Å². The third kappa shape index (κ3) is 3.11. The van der Waals surface area contributed by atoms with E-state index in [1.165, 1.54) is 0 Å². The first-order valence-corrected chi connectivity index (χ1v) is 6.03. The molecule has 0 amide bonds. The largest absolute Gasteiger partial charge is 0.504 e. The van der Waals surface area contributed by atoms with Crippen LogP contribution in [0.25, 0.3) is 0 Å². The standard InChI is InChI=1S/C13H20N2O2/c1-17-13-8-10(2-3-12(13)16)9-15-6-4-11(14)5-7-15/h2-3,8,11,16H,4-7,9,14H2,1H3. The highest BCUT2D eigenvalue weighted by Gasteiger charge is 2.16. The van der Waals surface area contributed by atoms with Crippen molar-refractivity contribution in [1.82, 2.24) is 4.90 Å². The van der Waals surface area contributed by atoms with E-state index in [4.69, 9.17) is 10.5 Å². The lowest BCUT2D eigenvalue weighted by Gasteiger charge is -2.30. The number of hydrogen-bond acceptors (Lipinski definition) is 4. The van der Waals surface area contributed by atoms with E-state index in [9.17, 15) is 5.11 Å². The molecule has 0 aromatic heterocycles. The molecule has 1 fully saturated rings. The fourth-order valence-corrected chi connectivity index (χ4v) is 2.19. The van der Waals surface area contributed by atoms with Crippen LogP contribution in [0.5, 0.6) is 11.5 Å². The Morgan fingerprint density at radius 1 is 1.41 bits per heavy atom. The second-order valence-electron chi connectivity index (χ2n) is 4.62. The number of aromatic hydroxyl groups is 1. The van der Waals surface area contributed by atoms with Crippen molar-refractivity contribution >= 4 is 0 Å². The molecule has 0 unspecified atom stereocenters. The van der Waals surface area contributed by atoms with Crippen LogP contribution in [-0.4, -0.2) is 36.2 Å². The second kappa shape index (κ2) is 5.38. The first-order chi connectivity index (χ1) is 8.19. The smallest absolute Gasteiger partial charge is 0.160 e. The number of piperidine rings is 1. The summed E-state index contributed by atoms with van der Waals surface area (Å²) >= 11 is 0. The molecule has 0 atom stereocenters. The molecule has 3 N–H and O–H groups in total. The van der Waals surface area contributed by atoms with Crippen molar-refractivity contribution < 1.29 is 9.84 Å². The molecule has 17 heavy (non-hydrogen) atoms. The number of ether oxygens (including phenoxy) is 1. The molecule has 0 radical (unpaired) electrons. The van der Waals surface area contributed by atoms with Gasteiger partial charge in [0.15, 0.2) is 11.5 Å². The number of phenolic OH excluding ortho intramolecular Hbond substituents is 1. The predicted molar refractivity (Wildman–Crippen MR) is 67.1 cm³/mol. The summed E-state index contributed by atoms with van der Waals surface area (Å²) in [6.45, 7) is 2.98. The molecule has 0 bridgehead atoms. The summed E-state index contributed by atoms with van der Waals surface area (Å²) in [6, 6.07) is 5.88. The maximum absolute atomic E-state index is 9.52. The van der Waals surface area contributed by atoms with Crippen LogP contribution in [0.15, 0.2) is 18.2 Å². The van der Waals surface area contributed by atoms with Gasteiger partial charge in [-0.05, 0) is 43.6 Å². The molecule has 1 aliphatic heterocycles. The molecule has 4 heteroatoms. The Hall–Kier alpha value is -1.26. The van der Waals surface area contributed by atoms with Crippen LogP contribution in [0.1, 0.15) is 18.4 Å². The van der Waals surface area contributed by atoms with Gasteiger partial charge >= 0.3 is 0 Å². The van der Waals surface area contributed by atoms with Crippen LogP contribution in [0.4, 0.5) is 0 Å². The Balaban J connectivity index is 1.99. The van der Waals surface area contributed by atoms with Gasteiger partial charge < -0.3 is 15.6 Å². The molecule has 1 heterocycles. The Bertz CT molecular complexity index is 374. The van der Waals surface area contributed by atoms with Gasteiger partial charge in [-0.25, -0.2) is 0 Å². The molecule has 2 rings (SSSR count). The summed E-state index contributed by atoms with van der Waals surface area (Å²) < 4.78 is 5.10. The Morgan fingerprint density at radius 3 is 2.76 bits per heavy atom. The molecule has 0 saturated carbocycles. The van der Waals surface area contributed by atoms with Crippen molar-refractivity contribution in [2.24, 2.45) is 5.73 Å². The van der Waals surface area contributed by atoms with Gasteiger partial charge in [0, 0.05) is 12.6 Å². The van der Waals surface area contributed by atoms with Gasteiger partial charge in [-0.15, -0.1) is 0 Å². The monoisotopic (exact) mass is 236 g/mol. The fraction of sp³-hybridized carbons (Fsp3) is 0.538. The van der Waals surface area contributed by atoms with Crippen molar-refractivity contribution in [3.05, 3.63) is 23.8 Å². The van der Waals surface area contributed by atoms with E-state index in [1.807, 2.05) is 12.1 Å². The first kappa shape index (κ1) is 12.2. The van der Waals surface area contributed by atoms with Crippen molar-refractivity contribution in [3.63, 3.8) is 0 Å². The minimum absolute atomic E-state index is 0.192. The highest BCUT2D eigenvalue weighted by Crippen LogP contribution is 2.27. The van der Waals surface area contributed by atoms with E-state index in [0.29, 0.717) is 11.8 Å². The van der Waals surface area contributed by atoms with E-state index >= 15 is 0 Å². The topological polar surface area (TPSA) is 58.7 Å². The van der Waals surface area contributed by atoms with Gasteiger partial charge in [0.1, 0.15) is 0 Å². The van der Waals surface area contributed by atoms with Gasteiger partial charge in [0.2, 0.25) is 0 Å². The van der Waals surface area contributed by atoms with Gasteiger partial charge in [0.05, 0.1) is 7.11 Å². The maximum Gasteiger partial charge on any atom is 0.160 e. The van der Waals surface area contributed by atoms with Crippen molar-refractivity contribution in [2.45, 2.75) is 25.4 Å². The summed E-state index contributed by atoms with van der Waals surface area (Å²) in [6.07, 6.45) is 2.13. The highest BCUT2D eigenvalue weighted by molar-refractivity contribution is 5.41. The minimum Gasteiger partial charge on any atom is -0.504 e. The van der Waals surface area contributed by atoms with E-state index in [0.717, 1.165) is 38.0 Å². The SMILES string of the molecule is COc1cc(CN2CCC(N)CC2)ccc1O. The molecule has 0 spiro atoms. The maximum atomic E-state index is 9.52. The molecule has 4 nitrogen and oxygen atoms in total. The van der Waals surface area contributed by atoms with Crippen molar-refractivity contribution in [3.8, 4) is 11.5 Å². The van der Waals surface area contributed by atoms with Crippen LogP contribution < -0.4 is 10.5 Å². The van der Waals surface area contributed by atoms with Crippen LogP contribution >= 0.6 is 0 Å². The number of nitrogens with zero attached hydrogens (tertiary/aromatic N) is 1. The molecular weight excluding hydrogens is 216 g/mol. The molecule has 1 aromatic carbocycles. The van der Waals surface area contributed by atoms with Gasteiger partial charge in [0.25, 0.3) is 0 Å². The quantitative estimate of drug-likeness (QED) is 0.831. The molecule has 1 aromatic rings. The normalized spacial score (nSPS) is 18.2. The summed E-state index contributed by atoms with van der Waals surface area (Å²) in [5.41, 5.74) is 7.04. The second-order valence-corrected chi connectivity index (χ2v) is 4.62. The Kier molecular flexibility index (Phi) is 3.86.